The highest BCUT2D eigenvalue weighted by Gasteiger charge is 2.50. The predicted molar refractivity (Wildman–Crippen MR) is 392 cm³/mol. The molecule has 14 heteroatoms. The Hall–Kier alpha value is -2.51. The van der Waals surface area contributed by atoms with E-state index in [4.69, 9.17) is 37.0 Å². The molecule has 0 radical (unpaired) electrons. The summed E-state index contributed by atoms with van der Waals surface area (Å²) in [5.74, 6) is 0.222. The lowest BCUT2D eigenvalue weighted by atomic mass is 9.63. The van der Waals surface area contributed by atoms with Crippen LogP contribution in [0.15, 0.2) is 94.2 Å². The molecule has 10 atom stereocenters. The van der Waals surface area contributed by atoms with Crippen LogP contribution < -0.4 is 0 Å². The number of fused-ring (bicyclic) bond motifs is 2. The van der Waals surface area contributed by atoms with Crippen LogP contribution in [0.2, 0.25) is 72.5 Å². The second-order valence-corrected chi connectivity index (χ2v) is 54.7. The van der Waals surface area contributed by atoms with Crippen molar-refractivity contribution in [1.82, 2.24) is 0 Å². The number of hydrogen-bond acceptors (Lipinski definition) is 9. The predicted octanol–water partition coefficient (Wildman–Crippen LogP) is 21.3. The summed E-state index contributed by atoms with van der Waals surface area (Å²) in [4.78, 5) is 23.9. The van der Waals surface area contributed by atoms with Crippen molar-refractivity contribution in [2.24, 2.45) is 34.5 Å². The van der Waals surface area contributed by atoms with Gasteiger partial charge in [0.2, 0.25) is 0 Å². The molecule has 1 N–H and O–H groups in total. The molecule has 6 aliphatic rings. The van der Waals surface area contributed by atoms with Crippen LogP contribution in [0.1, 0.15) is 216 Å². The van der Waals surface area contributed by atoms with Crippen LogP contribution in [-0.2, 0) is 41.5 Å². The topological polar surface area (TPSA) is 119 Å². The van der Waals surface area contributed by atoms with E-state index in [9.17, 15) is 9.59 Å². The van der Waals surface area contributed by atoms with E-state index >= 15 is 0 Å². The first-order valence-electron chi connectivity index (χ1n) is 35.3. The number of carbonyl (C=O) groups is 2. The highest BCUT2D eigenvalue weighted by Crippen LogP contribution is 2.58. The van der Waals surface area contributed by atoms with Gasteiger partial charge >= 0.3 is 11.9 Å². The van der Waals surface area contributed by atoms with Crippen molar-refractivity contribution in [2.45, 2.75) is 331 Å². The number of allylic oxidation sites excluding steroid dienone is 8. The summed E-state index contributed by atoms with van der Waals surface area (Å²) in [7, 11) is -7.95. The molecule has 0 heterocycles. The lowest BCUT2D eigenvalue weighted by molar-refractivity contribution is -0.160. The molecule has 0 bridgehead atoms. The summed E-state index contributed by atoms with van der Waals surface area (Å²) >= 11 is 0. The summed E-state index contributed by atoms with van der Waals surface area (Å²) in [6, 6.07) is 0. The maximum atomic E-state index is 12.8. The lowest BCUT2D eigenvalue weighted by Gasteiger charge is -2.45. The number of rotatable bonds is 21. The van der Waals surface area contributed by atoms with E-state index in [1.165, 1.54) is 33.4 Å². The molecule has 4 fully saturated rings. The third-order valence-corrected chi connectivity index (χ3v) is 42.1. The molecule has 0 aliphatic heterocycles. The number of hydrogen-bond donors (Lipinski definition) is 1. The van der Waals surface area contributed by atoms with Gasteiger partial charge < -0.3 is 37.0 Å². The van der Waals surface area contributed by atoms with Gasteiger partial charge in [-0.1, -0.05) is 185 Å². The monoisotopic (exact) mass is 1330 g/mol. The Morgan fingerprint density at radius 2 is 0.879 bits per heavy atom. The van der Waals surface area contributed by atoms with Crippen molar-refractivity contribution < 1.29 is 46.6 Å². The number of carbonyl (C=O) groups excluding carboxylic acids is 1. The summed E-state index contributed by atoms with van der Waals surface area (Å²) in [6.07, 6.45) is 26.2. The molecule has 91 heavy (non-hydrogen) atoms. The molecule has 0 aromatic rings. The highest BCUT2D eigenvalue weighted by molar-refractivity contribution is 6.75. The van der Waals surface area contributed by atoms with Gasteiger partial charge in [0.05, 0.1) is 36.6 Å². The van der Waals surface area contributed by atoms with Crippen molar-refractivity contribution in [1.29, 1.82) is 0 Å². The van der Waals surface area contributed by atoms with Gasteiger partial charge in [-0.25, -0.2) is 9.59 Å². The van der Waals surface area contributed by atoms with Crippen LogP contribution in [-0.4, -0.2) is 106 Å². The molecular formula is C77H134O10Si4. The molecule has 10 nitrogen and oxygen atoms in total. The van der Waals surface area contributed by atoms with Gasteiger partial charge in [0, 0.05) is 12.8 Å². The first kappa shape index (κ1) is 79.2. The standard InChI is InChI=1S/C42H74O5Si2.C35H60O5Si2/c1-28(2)39(29(3)4)45-38(43)27-44-31(6)35-22-23-36-32(19-18-24-42(35,36)13)20-21-33-25-34(46-48(14,15)40(7,8)9)26-37(30(33)5)47-49(16,17)41(10,11)12;1-24-27(17-16-26-15-14-20-35(9)29(18-19-30(26)35)25(2)38-23-32(36)37)21-28(39-41(10,11)33(3,4)5)22-31(24)40-42(12,13)34(6,7)8/h20-22,28-29,31,34,36-37,39H,5,18-19,23-27H2,1-4,6-17H3;16-18,25,28,30-31H,1,14-15,19-23H2,2-13H3,(H,36,37)/t31-,34+,36-,37-,42+;25-,28+,30?,31-,35+/m00/s1. The van der Waals surface area contributed by atoms with Crippen LogP contribution in [0.25, 0.3) is 0 Å². The fraction of sp³-hybridized carbons (Fsp3) is 0.766. The van der Waals surface area contributed by atoms with Gasteiger partial charge in [0.1, 0.15) is 19.3 Å². The lowest BCUT2D eigenvalue weighted by Crippen LogP contribution is -2.49. The van der Waals surface area contributed by atoms with Crippen LogP contribution in [0.4, 0.5) is 0 Å². The quantitative estimate of drug-likeness (QED) is 0.0676. The zero-order chi connectivity index (χ0) is 69.2. The van der Waals surface area contributed by atoms with E-state index in [0.29, 0.717) is 11.8 Å². The smallest absolute Gasteiger partial charge is 0.332 e. The van der Waals surface area contributed by atoms with Crippen molar-refractivity contribution in [3.63, 3.8) is 0 Å². The van der Waals surface area contributed by atoms with Crippen molar-refractivity contribution in [2.75, 3.05) is 13.2 Å². The van der Waals surface area contributed by atoms with E-state index in [0.717, 1.165) is 88.2 Å². The first-order chi connectivity index (χ1) is 41.4. The Bertz CT molecular complexity index is 2750. The average Bonchev–Trinajstić information content (AvgIpc) is 1.69. The minimum Gasteiger partial charge on any atom is -0.480 e. The molecule has 0 aromatic carbocycles. The molecule has 1 unspecified atom stereocenters. The maximum Gasteiger partial charge on any atom is 0.332 e. The largest absolute Gasteiger partial charge is 0.480 e. The fourth-order valence-corrected chi connectivity index (χ4v) is 19.6. The minimum absolute atomic E-state index is 0.00599. The van der Waals surface area contributed by atoms with Gasteiger partial charge in [0.25, 0.3) is 0 Å². The normalized spacial score (nSPS) is 29.2. The van der Waals surface area contributed by atoms with Gasteiger partial charge in [-0.05, 0) is 219 Å². The number of aliphatic carboxylic acids is 1. The molecule has 4 saturated carbocycles. The van der Waals surface area contributed by atoms with E-state index in [-0.39, 0.29) is 105 Å². The molecule has 0 spiro atoms. The molecular weight excluding hydrogens is 1200 g/mol. The second kappa shape index (κ2) is 30.1. The minimum atomic E-state index is -2.02. The van der Waals surface area contributed by atoms with Crippen LogP contribution in [0.5, 0.6) is 0 Å². The summed E-state index contributed by atoms with van der Waals surface area (Å²) in [5, 5.41) is 9.66. The first-order valence-corrected chi connectivity index (χ1v) is 47.0. The van der Waals surface area contributed by atoms with Crippen molar-refractivity contribution >= 4 is 45.2 Å². The third kappa shape index (κ3) is 19.4. The Balaban J connectivity index is 0.000000334. The summed E-state index contributed by atoms with van der Waals surface area (Å²) in [6.45, 7) is 72.8. The Morgan fingerprint density at radius 3 is 1.20 bits per heavy atom. The number of esters is 1. The van der Waals surface area contributed by atoms with E-state index in [1.54, 1.807) is 0 Å². The average molecular weight is 1330 g/mol. The number of carboxylic acids is 1. The van der Waals surface area contributed by atoms with Gasteiger partial charge in [-0.15, -0.1) is 0 Å². The zero-order valence-corrected chi connectivity index (χ0v) is 67.3. The van der Waals surface area contributed by atoms with E-state index in [1.807, 2.05) is 6.92 Å². The zero-order valence-electron chi connectivity index (χ0n) is 63.3. The van der Waals surface area contributed by atoms with Gasteiger partial charge in [0.15, 0.2) is 33.3 Å². The third-order valence-electron chi connectivity index (χ3n) is 24.1. The molecule has 518 valence electrons. The number of carboxylic acid groups (broad SMARTS) is 1. The summed E-state index contributed by atoms with van der Waals surface area (Å²) < 4.78 is 45.9. The maximum absolute atomic E-state index is 12.8. The van der Waals surface area contributed by atoms with Gasteiger partial charge in [-0.3, -0.25) is 0 Å². The van der Waals surface area contributed by atoms with Crippen LogP contribution in [0.3, 0.4) is 0 Å². The van der Waals surface area contributed by atoms with Crippen LogP contribution in [0, 0.1) is 34.5 Å². The van der Waals surface area contributed by atoms with Crippen LogP contribution >= 0.6 is 0 Å². The van der Waals surface area contributed by atoms with Crippen molar-refractivity contribution in [3.8, 4) is 0 Å². The molecule has 0 saturated heterocycles. The Morgan fingerprint density at radius 1 is 0.549 bits per heavy atom. The van der Waals surface area contributed by atoms with Gasteiger partial charge in [-0.2, -0.15) is 0 Å². The Kier molecular flexibility index (Phi) is 26.2. The van der Waals surface area contributed by atoms with Crippen molar-refractivity contribution in [3.05, 3.63) is 94.2 Å². The van der Waals surface area contributed by atoms with E-state index < -0.39 is 39.2 Å². The molecule has 6 rings (SSSR count). The fourth-order valence-electron chi connectivity index (χ4n) is 14.3. The second-order valence-electron chi connectivity index (χ2n) is 35.7. The SMILES string of the molecule is C=C1C(=CC=C2CCC[C@]3(C)C([C@H](C)OCC(=O)O)=CCC23)C[C@@H](O[Si](C)(C)C(C)(C)C)C[C@@H]1O[Si](C)(C)C(C)(C)C.C=C1C(=CC=C2CCC[C@]3(C)C([C@H](C)OCC(=O)OC(C(C)C)C(C)C)=CC[C@@H]23)C[C@@H](O[Si](C)(C)C(C)(C)C)C[C@@H]1O[Si](C)(C)C(C)(C)C. The summed E-state index contributed by atoms with van der Waals surface area (Å²) in [5.41, 5.74) is 10.4. The Labute approximate surface area is 561 Å². The molecule has 6 aliphatic carbocycles. The van der Waals surface area contributed by atoms with E-state index in [2.05, 4.69) is 234 Å². The molecule has 0 aromatic heterocycles. The highest BCUT2D eigenvalue weighted by atomic mass is 28.4. The number of ether oxygens (including phenoxy) is 3. The molecule has 0 amide bonds.